The summed E-state index contributed by atoms with van der Waals surface area (Å²) < 4.78 is 13.2. The van der Waals surface area contributed by atoms with E-state index in [1.165, 1.54) is 18.6 Å². The highest BCUT2D eigenvalue weighted by Gasteiger charge is 2.38. The van der Waals surface area contributed by atoms with E-state index in [9.17, 15) is 9.18 Å². The van der Waals surface area contributed by atoms with Crippen LogP contribution in [0.5, 0.6) is 0 Å². The largest absolute Gasteiger partial charge is 0.333 e. The van der Waals surface area contributed by atoms with Gasteiger partial charge in [-0.25, -0.2) is 9.37 Å². The summed E-state index contributed by atoms with van der Waals surface area (Å²) in [5.74, 6) is 0.728. The van der Waals surface area contributed by atoms with Gasteiger partial charge in [-0.3, -0.25) is 9.69 Å². The second kappa shape index (κ2) is 7.68. The average Bonchev–Trinajstić information content (AvgIpc) is 2.99. The summed E-state index contributed by atoms with van der Waals surface area (Å²) in [5.41, 5.74) is 1.72. The van der Waals surface area contributed by atoms with E-state index in [-0.39, 0.29) is 17.8 Å². The van der Waals surface area contributed by atoms with Crippen molar-refractivity contribution in [3.63, 3.8) is 0 Å². The number of halogens is 1. The van der Waals surface area contributed by atoms with Gasteiger partial charge in [-0.05, 0) is 36.5 Å². The van der Waals surface area contributed by atoms with E-state index in [1.807, 2.05) is 17.5 Å². The molecule has 3 fully saturated rings. The van der Waals surface area contributed by atoms with Crippen LogP contribution in [-0.2, 0) is 6.54 Å². The summed E-state index contributed by atoms with van der Waals surface area (Å²) in [6, 6.07) is 6.99. The van der Waals surface area contributed by atoms with Crippen molar-refractivity contribution in [2.24, 2.45) is 5.92 Å². The van der Waals surface area contributed by atoms with Gasteiger partial charge in [0.1, 0.15) is 11.5 Å². The lowest BCUT2D eigenvalue weighted by Crippen LogP contribution is -2.47. The van der Waals surface area contributed by atoms with E-state index in [2.05, 4.69) is 28.6 Å². The SMILES string of the molecule is CC(C)c1nc(C(=O)N2C[C@H]3CC[C@@H]2CN(Cc2ccc(F)cc2)C3)cs1. The van der Waals surface area contributed by atoms with Gasteiger partial charge in [-0.15, -0.1) is 11.3 Å². The standard InChI is InChI=1S/C21H26FN3OS/c1-14(2)20-23-19(13-27-20)21(26)25-11-16-5-8-18(25)12-24(10-16)9-15-3-6-17(22)7-4-15/h3-4,6-7,13-14,16,18H,5,8-12H2,1-2H3/t16-,18+/m0/s1. The number of hydrogen-bond acceptors (Lipinski definition) is 4. The zero-order valence-electron chi connectivity index (χ0n) is 15.9. The molecule has 0 saturated carbocycles. The molecule has 2 bridgehead atoms. The van der Waals surface area contributed by atoms with E-state index < -0.39 is 0 Å². The molecule has 0 radical (unpaired) electrons. The van der Waals surface area contributed by atoms with Gasteiger partial charge in [0, 0.05) is 43.5 Å². The first-order valence-electron chi connectivity index (χ1n) is 9.73. The van der Waals surface area contributed by atoms with Crippen LogP contribution in [0.1, 0.15) is 53.7 Å². The first-order valence-corrected chi connectivity index (χ1v) is 10.6. The van der Waals surface area contributed by atoms with Gasteiger partial charge >= 0.3 is 0 Å². The topological polar surface area (TPSA) is 36.4 Å². The Morgan fingerprint density at radius 2 is 2.00 bits per heavy atom. The van der Waals surface area contributed by atoms with Gasteiger partial charge in [0.25, 0.3) is 5.91 Å². The van der Waals surface area contributed by atoms with Crippen LogP contribution in [0.3, 0.4) is 0 Å². The van der Waals surface area contributed by atoms with Gasteiger partial charge in [-0.2, -0.15) is 0 Å². The highest BCUT2D eigenvalue weighted by atomic mass is 32.1. The van der Waals surface area contributed by atoms with Crippen LogP contribution in [0, 0.1) is 11.7 Å². The fourth-order valence-electron chi connectivity index (χ4n) is 4.20. The molecule has 27 heavy (non-hydrogen) atoms. The van der Waals surface area contributed by atoms with Crippen LogP contribution >= 0.6 is 11.3 Å². The van der Waals surface area contributed by atoms with Crippen molar-refractivity contribution in [3.05, 3.63) is 51.7 Å². The van der Waals surface area contributed by atoms with Crippen molar-refractivity contribution in [2.75, 3.05) is 19.6 Å². The Hall–Kier alpha value is -1.79. The zero-order valence-corrected chi connectivity index (χ0v) is 16.7. The number of thiazole rings is 1. The molecule has 3 aliphatic heterocycles. The maximum atomic E-state index is 13.2. The summed E-state index contributed by atoms with van der Waals surface area (Å²) >= 11 is 1.58. The molecule has 2 aromatic rings. The van der Waals surface area contributed by atoms with Crippen molar-refractivity contribution in [1.82, 2.24) is 14.8 Å². The first-order chi connectivity index (χ1) is 13.0. The minimum absolute atomic E-state index is 0.0801. The predicted molar refractivity (Wildman–Crippen MR) is 105 cm³/mol. The Morgan fingerprint density at radius 3 is 2.70 bits per heavy atom. The van der Waals surface area contributed by atoms with Crippen LogP contribution in [0.25, 0.3) is 0 Å². The van der Waals surface area contributed by atoms with Crippen LogP contribution < -0.4 is 0 Å². The summed E-state index contributed by atoms with van der Waals surface area (Å²) in [6.45, 7) is 7.71. The Bertz CT molecular complexity index is 804. The molecule has 5 rings (SSSR count). The summed E-state index contributed by atoms with van der Waals surface area (Å²) in [5, 5.41) is 2.93. The third-order valence-electron chi connectivity index (χ3n) is 5.60. The quantitative estimate of drug-likeness (QED) is 0.791. The average molecular weight is 388 g/mol. The lowest BCUT2D eigenvalue weighted by molar-refractivity contribution is 0.0579. The summed E-state index contributed by atoms with van der Waals surface area (Å²) in [7, 11) is 0. The lowest BCUT2D eigenvalue weighted by atomic mass is 9.95. The smallest absolute Gasteiger partial charge is 0.273 e. The number of fused-ring (bicyclic) bond motifs is 4. The molecule has 1 aromatic carbocycles. The highest BCUT2D eigenvalue weighted by Crippen LogP contribution is 2.30. The van der Waals surface area contributed by atoms with E-state index in [0.717, 1.165) is 43.2 Å². The molecule has 3 aliphatic rings. The highest BCUT2D eigenvalue weighted by molar-refractivity contribution is 7.09. The fraction of sp³-hybridized carbons (Fsp3) is 0.524. The molecule has 6 heteroatoms. The second-order valence-corrected chi connectivity index (χ2v) is 8.99. The van der Waals surface area contributed by atoms with Crippen LogP contribution in [0.15, 0.2) is 29.6 Å². The maximum absolute atomic E-state index is 13.2. The van der Waals surface area contributed by atoms with E-state index >= 15 is 0 Å². The molecular formula is C21H26FN3OS. The van der Waals surface area contributed by atoms with Crippen molar-refractivity contribution in [2.45, 2.75) is 45.2 Å². The lowest BCUT2D eigenvalue weighted by Gasteiger charge is -2.35. The number of aromatic nitrogens is 1. The van der Waals surface area contributed by atoms with Crippen molar-refractivity contribution in [1.29, 1.82) is 0 Å². The molecule has 3 saturated heterocycles. The molecule has 0 spiro atoms. The minimum atomic E-state index is -0.199. The van der Waals surface area contributed by atoms with Crippen molar-refractivity contribution < 1.29 is 9.18 Å². The van der Waals surface area contributed by atoms with Gasteiger partial charge < -0.3 is 4.90 Å². The summed E-state index contributed by atoms with van der Waals surface area (Å²) in [4.78, 5) is 22.1. The van der Waals surface area contributed by atoms with E-state index in [0.29, 0.717) is 17.5 Å². The van der Waals surface area contributed by atoms with Crippen molar-refractivity contribution in [3.8, 4) is 0 Å². The Kier molecular flexibility index (Phi) is 5.28. The predicted octanol–water partition coefficient (Wildman–Crippen LogP) is 4.14. The third kappa shape index (κ3) is 4.06. The molecular weight excluding hydrogens is 361 g/mol. The van der Waals surface area contributed by atoms with Crippen LogP contribution in [0.2, 0.25) is 0 Å². The molecule has 4 heterocycles. The molecule has 144 valence electrons. The second-order valence-electron chi connectivity index (χ2n) is 8.10. The fourth-order valence-corrected chi connectivity index (χ4v) is 5.01. The van der Waals surface area contributed by atoms with Gasteiger partial charge in [0.15, 0.2) is 0 Å². The number of carbonyl (C=O) groups excluding carboxylic acids is 1. The van der Waals surface area contributed by atoms with Crippen LogP contribution in [0.4, 0.5) is 4.39 Å². The van der Waals surface area contributed by atoms with Gasteiger partial charge in [0.2, 0.25) is 0 Å². The molecule has 0 unspecified atom stereocenters. The number of nitrogens with zero attached hydrogens (tertiary/aromatic N) is 3. The molecule has 0 N–H and O–H groups in total. The molecule has 0 aliphatic carbocycles. The number of piperidine rings is 1. The maximum Gasteiger partial charge on any atom is 0.273 e. The molecule has 1 amide bonds. The Labute approximate surface area is 164 Å². The Balaban J connectivity index is 1.47. The van der Waals surface area contributed by atoms with Gasteiger partial charge in [-0.1, -0.05) is 26.0 Å². The number of rotatable bonds is 4. The monoisotopic (exact) mass is 387 g/mol. The Morgan fingerprint density at radius 1 is 1.22 bits per heavy atom. The molecule has 2 atom stereocenters. The third-order valence-corrected chi connectivity index (χ3v) is 6.75. The number of benzene rings is 1. The molecule has 1 aromatic heterocycles. The first kappa shape index (κ1) is 18.6. The normalized spacial score (nSPS) is 23.0. The van der Waals surface area contributed by atoms with Crippen molar-refractivity contribution >= 4 is 17.2 Å². The van der Waals surface area contributed by atoms with Crippen LogP contribution in [-0.4, -0.2) is 46.4 Å². The zero-order chi connectivity index (χ0) is 19.0. The molecule has 4 nitrogen and oxygen atoms in total. The number of amides is 1. The minimum Gasteiger partial charge on any atom is -0.333 e. The number of carbonyl (C=O) groups is 1. The van der Waals surface area contributed by atoms with E-state index in [4.69, 9.17) is 0 Å². The van der Waals surface area contributed by atoms with Gasteiger partial charge in [0.05, 0.1) is 5.01 Å². The summed E-state index contributed by atoms with van der Waals surface area (Å²) in [6.07, 6.45) is 2.22. The number of hydrogen-bond donors (Lipinski definition) is 0. The van der Waals surface area contributed by atoms with E-state index in [1.54, 1.807) is 11.3 Å².